The minimum atomic E-state index is -0.770. The maximum absolute atomic E-state index is 11.2. The largest absolute Gasteiger partial charge is 0.494 e. The second-order valence-corrected chi connectivity index (χ2v) is 4.52. The number of ether oxygens (including phenoxy) is 1. The van der Waals surface area contributed by atoms with Crippen molar-refractivity contribution in [2.45, 2.75) is 31.7 Å². The van der Waals surface area contributed by atoms with Gasteiger partial charge in [-0.25, -0.2) is 0 Å². The summed E-state index contributed by atoms with van der Waals surface area (Å²) >= 11 is 0. The van der Waals surface area contributed by atoms with Crippen molar-refractivity contribution >= 4 is 5.97 Å². The molecular formula is C14H19NO3. The molecule has 2 rings (SSSR count). The Bertz CT molecular complexity index is 402. The maximum Gasteiger partial charge on any atom is 0.321 e. The summed E-state index contributed by atoms with van der Waals surface area (Å²) < 4.78 is 5.39. The summed E-state index contributed by atoms with van der Waals surface area (Å²) in [5, 5.41) is 12.3. The fourth-order valence-electron chi connectivity index (χ4n) is 2.48. The average molecular weight is 249 g/mol. The lowest BCUT2D eigenvalue weighted by molar-refractivity contribution is -0.140. The zero-order chi connectivity index (χ0) is 13.0. The molecule has 1 aliphatic heterocycles. The van der Waals surface area contributed by atoms with Crippen LogP contribution in [0.2, 0.25) is 0 Å². The maximum atomic E-state index is 11.2. The van der Waals surface area contributed by atoms with E-state index in [4.69, 9.17) is 4.74 Å². The van der Waals surface area contributed by atoms with Gasteiger partial charge in [-0.05, 0) is 44.0 Å². The number of aliphatic carboxylic acids is 1. The van der Waals surface area contributed by atoms with Gasteiger partial charge < -0.3 is 15.2 Å². The van der Waals surface area contributed by atoms with Crippen molar-refractivity contribution in [1.29, 1.82) is 0 Å². The summed E-state index contributed by atoms with van der Waals surface area (Å²) in [4.78, 5) is 11.2. The predicted octanol–water partition coefficient (Wildman–Crippen LogP) is 2.01. The van der Waals surface area contributed by atoms with Crippen LogP contribution in [0.1, 0.15) is 31.2 Å². The number of hydrogen-bond donors (Lipinski definition) is 2. The standard InChI is InChI=1S/C14H19NO3/c1-2-18-11-7-5-10(6-8-11)12-4-3-9-15-13(12)14(16)17/h5-8,12-13,15H,2-4,9H2,1H3,(H,16,17)/t12-,13-/m0/s1. The van der Waals surface area contributed by atoms with E-state index in [1.54, 1.807) is 0 Å². The monoisotopic (exact) mass is 249 g/mol. The van der Waals surface area contributed by atoms with Gasteiger partial charge >= 0.3 is 5.97 Å². The molecule has 98 valence electrons. The normalized spacial score (nSPS) is 23.6. The van der Waals surface area contributed by atoms with Crippen molar-refractivity contribution < 1.29 is 14.6 Å². The fraction of sp³-hybridized carbons (Fsp3) is 0.500. The molecule has 2 atom stereocenters. The Labute approximate surface area is 107 Å². The van der Waals surface area contributed by atoms with Crippen molar-refractivity contribution in [3.05, 3.63) is 29.8 Å². The number of piperidine rings is 1. The first-order valence-corrected chi connectivity index (χ1v) is 6.41. The average Bonchev–Trinajstić information content (AvgIpc) is 2.40. The van der Waals surface area contributed by atoms with Crippen LogP contribution < -0.4 is 10.1 Å². The highest BCUT2D eigenvalue weighted by Crippen LogP contribution is 2.29. The van der Waals surface area contributed by atoms with Gasteiger partial charge in [-0.1, -0.05) is 12.1 Å². The molecule has 0 saturated carbocycles. The van der Waals surface area contributed by atoms with E-state index in [1.807, 2.05) is 31.2 Å². The van der Waals surface area contributed by atoms with Gasteiger partial charge in [-0.3, -0.25) is 4.79 Å². The summed E-state index contributed by atoms with van der Waals surface area (Å²) in [6, 6.07) is 7.28. The first-order valence-electron chi connectivity index (χ1n) is 6.41. The number of nitrogens with one attached hydrogen (secondary N) is 1. The number of rotatable bonds is 4. The van der Waals surface area contributed by atoms with Crippen LogP contribution in [0.5, 0.6) is 5.75 Å². The number of carboxylic acids is 1. The molecule has 1 aromatic rings. The van der Waals surface area contributed by atoms with Crippen molar-refractivity contribution in [3.63, 3.8) is 0 Å². The van der Waals surface area contributed by atoms with Crippen LogP contribution in [0.15, 0.2) is 24.3 Å². The first-order chi connectivity index (χ1) is 8.72. The molecule has 0 bridgehead atoms. The molecule has 0 amide bonds. The lowest BCUT2D eigenvalue weighted by Gasteiger charge is -2.30. The van der Waals surface area contributed by atoms with Crippen molar-refractivity contribution in [2.75, 3.05) is 13.2 Å². The van der Waals surface area contributed by atoms with Crippen molar-refractivity contribution in [1.82, 2.24) is 5.32 Å². The van der Waals surface area contributed by atoms with Gasteiger partial charge in [0.1, 0.15) is 11.8 Å². The van der Waals surface area contributed by atoms with Crippen molar-refractivity contribution in [3.8, 4) is 5.75 Å². The zero-order valence-electron chi connectivity index (χ0n) is 10.6. The van der Waals surface area contributed by atoms with E-state index in [9.17, 15) is 9.90 Å². The van der Waals surface area contributed by atoms with E-state index < -0.39 is 12.0 Å². The summed E-state index contributed by atoms with van der Waals surface area (Å²) in [6.45, 7) is 3.37. The molecule has 18 heavy (non-hydrogen) atoms. The molecule has 0 aliphatic carbocycles. The second kappa shape index (κ2) is 5.87. The Morgan fingerprint density at radius 3 is 2.78 bits per heavy atom. The molecule has 1 fully saturated rings. The van der Waals surface area contributed by atoms with Crippen LogP contribution in [0.3, 0.4) is 0 Å². The first kappa shape index (κ1) is 12.9. The molecule has 1 heterocycles. The van der Waals surface area contributed by atoms with E-state index >= 15 is 0 Å². The van der Waals surface area contributed by atoms with Crippen LogP contribution in [0.25, 0.3) is 0 Å². The highest BCUT2D eigenvalue weighted by Gasteiger charge is 2.31. The molecule has 2 N–H and O–H groups in total. The summed E-state index contributed by atoms with van der Waals surface area (Å²) in [6.07, 6.45) is 1.93. The highest BCUT2D eigenvalue weighted by atomic mass is 16.5. The Kier molecular flexibility index (Phi) is 4.20. The molecule has 4 nitrogen and oxygen atoms in total. The van der Waals surface area contributed by atoms with E-state index in [2.05, 4.69) is 5.32 Å². The number of carboxylic acid groups (broad SMARTS) is 1. The van der Waals surface area contributed by atoms with Crippen LogP contribution in [0, 0.1) is 0 Å². The van der Waals surface area contributed by atoms with Gasteiger partial charge in [-0.15, -0.1) is 0 Å². The number of carbonyl (C=O) groups is 1. The summed E-state index contributed by atoms with van der Waals surface area (Å²) in [7, 11) is 0. The molecule has 0 radical (unpaired) electrons. The van der Waals surface area contributed by atoms with Crippen LogP contribution >= 0.6 is 0 Å². The Morgan fingerprint density at radius 1 is 1.44 bits per heavy atom. The molecule has 0 spiro atoms. The molecular weight excluding hydrogens is 230 g/mol. The van der Waals surface area contributed by atoms with Gasteiger partial charge in [-0.2, -0.15) is 0 Å². The van der Waals surface area contributed by atoms with Crippen molar-refractivity contribution in [2.24, 2.45) is 0 Å². The van der Waals surface area contributed by atoms with Crippen LogP contribution in [0.4, 0.5) is 0 Å². The Balaban J connectivity index is 2.15. The lowest BCUT2D eigenvalue weighted by atomic mass is 9.85. The van der Waals surface area contributed by atoms with E-state index in [0.717, 1.165) is 30.7 Å². The molecule has 1 aliphatic rings. The fourth-order valence-corrected chi connectivity index (χ4v) is 2.48. The molecule has 1 aromatic carbocycles. The molecule has 4 heteroatoms. The smallest absolute Gasteiger partial charge is 0.321 e. The summed E-state index contributed by atoms with van der Waals surface area (Å²) in [5.74, 6) is 0.109. The van der Waals surface area contributed by atoms with Gasteiger partial charge in [0.2, 0.25) is 0 Å². The minimum Gasteiger partial charge on any atom is -0.494 e. The van der Waals surface area contributed by atoms with Gasteiger partial charge in [0.15, 0.2) is 0 Å². The quantitative estimate of drug-likeness (QED) is 0.857. The van der Waals surface area contributed by atoms with E-state index in [0.29, 0.717) is 6.61 Å². The van der Waals surface area contributed by atoms with Gasteiger partial charge in [0.05, 0.1) is 6.61 Å². The minimum absolute atomic E-state index is 0.0481. The predicted molar refractivity (Wildman–Crippen MR) is 69.0 cm³/mol. The zero-order valence-corrected chi connectivity index (χ0v) is 10.6. The van der Waals surface area contributed by atoms with Gasteiger partial charge in [0.25, 0.3) is 0 Å². The number of hydrogen-bond acceptors (Lipinski definition) is 3. The van der Waals surface area contributed by atoms with Gasteiger partial charge in [0, 0.05) is 5.92 Å². The Morgan fingerprint density at radius 2 is 2.17 bits per heavy atom. The number of benzene rings is 1. The van der Waals surface area contributed by atoms with E-state index in [1.165, 1.54) is 0 Å². The SMILES string of the molecule is CCOc1ccc([C@@H]2CCCN[C@@H]2C(=O)O)cc1. The molecule has 0 aromatic heterocycles. The third-order valence-electron chi connectivity index (χ3n) is 3.34. The third kappa shape index (κ3) is 2.82. The second-order valence-electron chi connectivity index (χ2n) is 4.52. The lowest BCUT2D eigenvalue weighted by Crippen LogP contribution is -2.45. The highest BCUT2D eigenvalue weighted by molar-refractivity contribution is 5.75. The molecule has 1 saturated heterocycles. The Hall–Kier alpha value is -1.55. The van der Waals surface area contributed by atoms with Crippen LogP contribution in [-0.4, -0.2) is 30.3 Å². The topological polar surface area (TPSA) is 58.6 Å². The van der Waals surface area contributed by atoms with E-state index in [-0.39, 0.29) is 5.92 Å². The third-order valence-corrected chi connectivity index (χ3v) is 3.34. The summed E-state index contributed by atoms with van der Waals surface area (Å²) in [5.41, 5.74) is 1.07. The van der Waals surface area contributed by atoms with Crippen LogP contribution in [-0.2, 0) is 4.79 Å². The molecule has 0 unspecified atom stereocenters.